The maximum absolute atomic E-state index is 14.0. The summed E-state index contributed by atoms with van der Waals surface area (Å²) in [6.45, 7) is 3.58. The molecule has 11 heteroatoms. The minimum Gasteiger partial charge on any atom is -0.356 e. The van der Waals surface area contributed by atoms with Gasteiger partial charge in [0.2, 0.25) is 11.8 Å². The predicted octanol–water partition coefficient (Wildman–Crippen LogP) is 3.06. The van der Waals surface area contributed by atoms with Crippen LogP contribution in [0.1, 0.15) is 19.8 Å². The summed E-state index contributed by atoms with van der Waals surface area (Å²) >= 11 is 5.81. The molecule has 2 aliphatic heterocycles. The number of carbonyl (C=O) groups is 2. The molecule has 1 saturated heterocycles. The fourth-order valence-corrected chi connectivity index (χ4v) is 4.46. The number of hydrogen-bond donors (Lipinski definition) is 3. The highest BCUT2D eigenvalue weighted by molar-refractivity contribution is 6.30. The number of piperazine rings is 1. The first-order valence-corrected chi connectivity index (χ1v) is 12.2. The number of fused-ring (bicyclic) bond motifs is 1. The summed E-state index contributed by atoms with van der Waals surface area (Å²) in [5.41, 5.74) is 7.18. The van der Waals surface area contributed by atoms with Crippen molar-refractivity contribution < 1.29 is 18.4 Å². The molecule has 0 aromatic heterocycles. The molecule has 2 amide bonds. The van der Waals surface area contributed by atoms with Crippen molar-refractivity contribution in [1.29, 1.82) is 0 Å². The second-order valence-corrected chi connectivity index (χ2v) is 9.18. The zero-order chi connectivity index (χ0) is 25.8. The van der Waals surface area contributed by atoms with E-state index < -0.39 is 17.7 Å². The minimum absolute atomic E-state index is 0.0204. The Morgan fingerprint density at radius 3 is 2.72 bits per heavy atom. The molecular formula is C25H29ClF2N6O2. The van der Waals surface area contributed by atoms with Gasteiger partial charge in [0, 0.05) is 37.2 Å². The third kappa shape index (κ3) is 5.71. The average molecular weight is 519 g/mol. The Labute approximate surface area is 213 Å². The van der Waals surface area contributed by atoms with Gasteiger partial charge in [-0.25, -0.2) is 8.78 Å². The summed E-state index contributed by atoms with van der Waals surface area (Å²) in [5.74, 6) is -0.853. The van der Waals surface area contributed by atoms with Gasteiger partial charge in [0.05, 0.1) is 24.0 Å². The maximum Gasteiger partial charge on any atom is 0.240 e. The summed E-state index contributed by atoms with van der Waals surface area (Å²) < 4.78 is 28.0. The molecule has 2 heterocycles. The van der Waals surface area contributed by atoms with Crippen molar-refractivity contribution in [3.63, 3.8) is 0 Å². The molecule has 192 valence electrons. The fourth-order valence-electron chi connectivity index (χ4n) is 4.34. The zero-order valence-corrected chi connectivity index (χ0v) is 20.6. The van der Waals surface area contributed by atoms with E-state index in [0.29, 0.717) is 36.8 Å². The quantitative estimate of drug-likeness (QED) is 0.497. The first-order chi connectivity index (χ1) is 17.3. The van der Waals surface area contributed by atoms with Crippen LogP contribution in [0.25, 0.3) is 0 Å². The second kappa shape index (κ2) is 11.1. The Kier molecular flexibility index (Phi) is 7.95. The van der Waals surface area contributed by atoms with Gasteiger partial charge >= 0.3 is 0 Å². The van der Waals surface area contributed by atoms with Crippen LogP contribution < -0.4 is 21.3 Å². The lowest BCUT2D eigenvalue weighted by atomic mass is 10.1. The van der Waals surface area contributed by atoms with Gasteiger partial charge in [0.15, 0.2) is 0 Å². The Morgan fingerprint density at radius 1 is 1.19 bits per heavy atom. The zero-order valence-electron chi connectivity index (χ0n) is 19.9. The third-order valence-corrected chi connectivity index (χ3v) is 6.46. The van der Waals surface area contributed by atoms with Gasteiger partial charge in [-0.05, 0) is 42.8 Å². The molecule has 0 spiro atoms. The summed E-state index contributed by atoms with van der Waals surface area (Å²) in [4.78, 5) is 30.6. The van der Waals surface area contributed by atoms with Gasteiger partial charge in [0.25, 0.3) is 0 Å². The molecule has 4 rings (SSSR count). The number of nitrogens with two attached hydrogens (primary N) is 1. The van der Waals surface area contributed by atoms with E-state index >= 15 is 0 Å². The first-order valence-electron chi connectivity index (χ1n) is 11.8. The van der Waals surface area contributed by atoms with Crippen LogP contribution in [0, 0.1) is 11.6 Å². The molecule has 36 heavy (non-hydrogen) atoms. The highest BCUT2D eigenvalue weighted by Crippen LogP contribution is 2.33. The van der Waals surface area contributed by atoms with E-state index in [-0.39, 0.29) is 36.0 Å². The molecule has 0 bridgehead atoms. The largest absolute Gasteiger partial charge is 0.356 e. The van der Waals surface area contributed by atoms with Crippen molar-refractivity contribution in [1.82, 2.24) is 15.1 Å². The van der Waals surface area contributed by atoms with E-state index in [2.05, 4.69) is 10.6 Å². The van der Waals surface area contributed by atoms with Crippen LogP contribution in [-0.2, 0) is 9.59 Å². The molecule has 0 aliphatic carbocycles. The van der Waals surface area contributed by atoms with Crippen LogP contribution in [0.15, 0.2) is 54.5 Å². The average Bonchev–Trinajstić information content (AvgIpc) is 3.22. The lowest BCUT2D eigenvalue weighted by Gasteiger charge is -2.43. The Hall–Kier alpha value is -3.37. The predicted molar refractivity (Wildman–Crippen MR) is 135 cm³/mol. The molecule has 1 unspecified atom stereocenters. The summed E-state index contributed by atoms with van der Waals surface area (Å²) in [6, 6.07) is 9.61. The summed E-state index contributed by atoms with van der Waals surface area (Å²) in [7, 11) is 0. The SMILES string of the molecule is CCCNC(=O)C[C@H](N)C(=O)N1CCN2C(Nc3ccc(Cl)c(F)c3)=CN(c3cccc(F)c3)C2C1. The molecule has 2 aromatic rings. The van der Waals surface area contributed by atoms with Crippen molar-refractivity contribution in [3.05, 3.63) is 71.1 Å². The molecule has 4 N–H and O–H groups in total. The molecule has 2 aliphatic rings. The Bertz CT molecular complexity index is 1160. The minimum atomic E-state index is -0.958. The van der Waals surface area contributed by atoms with Gasteiger partial charge in [0.1, 0.15) is 23.6 Å². The van der Waals surface area contributed by atoms with E-state index in [1.807, 2.05) is 16.7 Å². The summed E-state index contributed by atoms with van der Waals surface area (Å²) in [6.07, 6.45) is 2.15. The first kappa shape index (κ1) is 25.7. The van der Waals surface area contributed by atoms with Crippen molar-refractivity contribution in [2.45, 2.75) is 32.0 Å². The van der Waals surface area contributed by atoms with E-state index in [1.165, 1.54) is 24.3 Å². The molecular weight excluding hydrogens is 490 g/mol. The number of rotatable bonds is 8. The van der Waals surface area contributed by atoms with Crippen LogP contribution in [0.5, 0.6) is 0 Å². The van der Waals surface area contributed by atoms with Gasteiger partial charge in [-0.1, -0.05) is 24.6 Å². The Morgan fingerprint density at radius 2 is 2.00 bits per heavy atom. The number of amides is 2. The van der Waals surface area contributed by atoms with Crippen molar-refractivity contribution in [2.75, 3.05) is 36.4 Å². The topological polar surface area (TPSA) is 93.9 Å². The van der Waals surface area contributed by atoms with Crippen molar-refractivity contribution >= 4 is 34.8 Å². The number of anilines is 2. The number of benzene rings is 2. The van der Waals surface area contributed by atoms with Gasteiger partial charge in [-0.2, -0.15) is 0 Å². The van der Waals surface area contributed by atoms with Crippen LogP contribution in [0.4, 0.5) is 20.2 Å². The maximum atomic E-state index is 14.0. The van der Waals surface area contributed by atoms with E-state index in [4.69, 9.17) is 17.3 Å². The lowest BCUT2D eigenvalue weighted by Crippen LogP contribution is -2.59. The van der Waals surface area contributed by atoms with Crippen LogP contribution >= 0.6 is 11.6 Å². The van der Waals surface area contributed by atoms with Crippen LogP contribution in [-0.4, -0.2) is 60.0 Å². The molecule has 2 atom stereocenters. The highest BCUT2D eigenvalue weighted by atomic mass is 35.5. The normalized spacial score (nSPS) is 18.0. The highest BCUT2D eigenvalue weighted by Gasteiger charge is 2.40. The fraction of sp³-hybridized carbons (Fsp3) is 0.360. The number of hydrogen-bond acceptors (Lipinski definition) is 6. The standard InChI is InChI=1S/C25H29ClF2N6O2/c1-2-8-30-23(35)13-21(29)25(36)32-9-10-33-22(31-17-6-7-19(26)20(28)12-17)14-34(24(33)15-32)18-5-3-4-16(27)11-18/h3-7,11-12,14,21,24,31H,2,8-10,13,15,29H2,1H3,(H,30,35)/t21-,24?/m0/s1. The van der Waals surface area contributed by atoms with Crippen molar-refractivity contribution in [2.24, 2.45) is 5.73 Å². The molecule has 1 fully saturated rings. The molecule has 0 saturated carbocycles. The van der Waals surface area contributed by atoms with Crippen molar-refractivity contribution in [3.8, 4) is 0 Å². The lowest BCUT2D eigenvalue weighted by molar-refractivity contribution is -0.137. The summed E-state index contributed by atoms with van der Waals surface area (Å²) in [5, 5.41) is 5.96. The number of nitrogens with one attached hydrogen (secondary N) is 2. The van der Waals surface area contributed by atoms with Crippen LogP contribution in [0.2, 0.25) is 5.02 Å². The van der Waals surface area contributed by atoms with Crippen LogP contribution in [0.3, 0.4) is 0 Å². The molecule has 8 nitrogen and oxygen atoms in total. The number of carbonyl (C=O) groups excluding carboxylic acids is 2. The van der Waals surface area contributed by atoms with E-state index in [9.17, 15) is 18.4 Å². The third-order valence-electron chi connectivity index (χ3n) is 6.15. The smallest absolute Gasteiger partial charge is 0.240 e. The second-order valence-electron chi connectivity index (χ2n) is 8.77. The van der Waals surface area contributed by atoms with E-state index in [0.717, 1.165) is 6.42 Å². The molecule has 0 radical (unpaired) electrons. The van der Waals surface area contributed by atoms with Gasteiger partial charge in [-0.15, -0.1) is 0 Å². The molecule has 2 aromatic carbocycles. The van der Waals surface area contributed by atoms with E-state index in [1.54, 1.807) is 29.3 Å². The van der Waals surface area contributed by atoms with Gasteiger partial charge < -0.3 is 31.1 Å². The van der Waals surface area contributed by atoms with Gasteiger partial charge in [-0.3, -0.25) is 9.59 Å². The number of nitrogens with zero attached hydrogens (tertiary/aromatic N) is 3. The Balaban J connectivity index is 1.53. The number of halogens is 3. The monoisotopic (exact) mass is 518 g/mol.